The molecule has 0 aromatic heterocycles. The van der Waals surface area contributed by atoms with E-state index in [0.29, 0.717) is 24.1 Å². The fraction of sp³-hybridized carbons (Fsp3) is 0.467. The summed E-state index contributed by atoms with van der Waals surface area (Å²) >= 11 is 0. The summed E-state index contributed by atoms with van der Waals surface area (Å²) in [6, 6.07) is 4.91. The van der Waals surface area contributed by atoms with Gasteiger partial charge in [-0.05, 0) is 31.0 Å². The number of nitrogens with zero attached hydrogens (tertiary/aromatic N) is 1. The van der Waals surface area contributed by atoms with Crippen molar-refractivity contribution in [3.05, 3.63) is 29.3 Å². The molecule has 2 N–H and O–H groups in total. The molecule has 0 unspecified atom stereocenters. The Balaban J connectivity index is 3.28. The van der Waals surface area contributed by atoms with Crippen LogP contribution in [0.4, 0.5) is 0 Å². The van der Waals surface area contributed by atoms with Gasteiger partial charge in [0.1, 0.15) is 6.61 Å². The second-order valence-electron chi connectivity index (χ2n) is 4.57. The van der Waals surface area contributed by atoms with Crippen molar-refractivity contribution in [3.63, 3.8) is 0 Å². The van der Waals surface area contributed by atoms with Crippen LogP contribution in [0, 0.1) is 18.8 Å². The van der Waals surface area contributed by atoms with Gasteiger partial charge in [0.25, 0.3) is 0 Å². The van der Waals surface area contributed by atoms with Crippen molar-refractivity contribution in [2.24, 2.45) is 0 Å². The van der Waals surface area contributed by atoms with Crippen LogP contribution < -0.4 is 0 Å². The maximum Gasteiger partial charge on any atom is 0.243 e. The molecule has 1 aromatic rings. The zero-order valence-electron chi connectivity index (χ0n) is 12.3. The molecule has 0 atom stereocenters. The first-order valence-electron chi connectivity index (χ1n) is 6.78. The Hall–Kier alpha value is -1.39. The van der Waals surface area contributed by atoms with Crippen LogP contribution in [0.2, 0.25) is 0 Å². The van der Waals surface area contributed by atoms with E-state index in [9.17, 15) is 8.42 Å². The van der Waals surface area contributed by atoms with Gasteiger partial charge >= 0.3 is 0 Å². The Bertz CT molecular complexity index is 623. The van der Waals surface area contributed by atoms with Gasteiger partial charge in [-0.2, -0.15) is 4.31 Å². The van der Waals surface area contributed by atoms with E-state index in [-0.39, 0.29) is 24.7 Å². The molecule has 6 heteroatoms. The lowest BCUT2D eigenvalue weighted by molar-refractivity contribution is 0.253. The Morgan fingerprint density at radius 1 is 1.24 bits per heavy atom. The Morgan fingerprint density at radius 3 is 2.52 bits per heavy atom. The summed E-state index contributed by atoms with van der Waals surface area (Å²) in [7, 11) is -3.66. The maximum atomic E-state index is 12.7. The monoisotopic (exact) mass is 311 g/mol. The summed E-state index contributed by atoms with van der Waals surface area (Å²) in [5, 5.41) is 17.8. The molecule has 0 spiro atoms. The standard InChI is InChI=1S/C15H21NO4S/c1-3-8-16(9-11-18)21(19,20)15-12-14(5-4-10-17)7-6-13(15)2/h6-7,12,17-18H,3,8-11H2,1-2H3. The molecular formula is C15H21NO4S. The predicted molar refractivity (Wildman–Crippen MR) is 81.3 cm³/mol. The van der Waals surface area contributed by atoms with E-state index in [2.05, 4.69) is 11.8 Å². The highest BCUT2D eigenvalue weighted by atomic mass is 32.2. The molecule has 1 aromatic carbocycles. The number of rotatable bonds is 6. The number of aliphatic hydroxyl groups is 2. The van der Waals surface area contributed by atoms with Crippen molar-refractivity contribution < 1.29 is 18.6 Å². The van der Waals surface area contributed by atoms with Crippen molar-refractivity contribution in [1.82, 2.24) is 4.31 Å². The number of aliphatic hydroxyl groups excluding tert-OH is 2. The van der Waals surface area contributed by atoms with Crippen LogP contribution in [-0.4, -0.2) is 49.2 Å². The molecule has 116 valence electrons. The number of hydrogen-bond donors (Lipinski definition) is 2. The van der Waals surface area contributed by atoms with Crippen LogP contribution in [0.15, 0.2) is 23.1 Å². The van der Waals surface area contributed by atoms with E-state index in [1.165, 1.54) is 10.4 Å². The highest BCUT2D eigenvalue weighted by molar-refractivity contribution is 7.89. The second kappa shape index (κ2) is 8.15. The van der Waals surface area contributed by atoms with E-state index >= 15 is 0 Å². The largest absolute Gasteiger partial charge is 0.395 e. The lowest BCUT2D eigenvalue weighted by Gasteiger charge is -2.21. The molecule has 0 aliphatic rings. The number of sulfonamides is 1. The minimum Gasteiger partial charge on any atom is -0.395 e. The van der Waals surface area contributed by atoms with Gasteiger partial charge in [0.15, 0.2) is 0 Å². The summed E-state index contributed by atoms with van der Waals surface area (Å²) < 4.78 is 26.6. The Morgan fingerprint density at radius 2 is 1.95 bits per heavy atom. The van der Waals surface area contributed by atoms with Gasteiger partial charge in [-0.25, -0.2) is 8.42 Å². The van der Waals surface area contributed by atoms with E-state index in [1.807, 2.05) is 6.92 Å². The topological polar surface area (TPSA) is 77.8 Å². The SMILES string of the molecule is CCCN(CCO)S(=O)(=O)c1cc(C#CCO)ccc1C. The van der Waals surface area contributed by atoms with E-state index in [1.54, 1.807) is 19.1 Å². The smallest absolute Gasteiger partial charge is 0.243 e. The lowest BCUT2D eigenvalue weighted by Crippen LogP contribution is -2.34. The molecule has 0 aliphatic carbocycles. The molecule has 0 saturated heterocycles. The van der Waals surface area contributed by atoms with Crippen molar-refractivity contribution in [2.45, 2.75) is 25.2 Å². The number of benzene rings is 1. The summed E-state index contributed by atoms with van der Waals surface area (Å²) in [6.45, 7) is 3.54. The molecule has 5 nitrogen and oxygen atoms in total. The third-order valence-electron chi connectivity index (χ3n) is 2.94. The molecule has 1 rings (SSSR count). The number of hydrogen-bond acceptors (Lipinski definition) is 4. The van der Waals surface area contributed by atoms with Gasteiger partial charge in [-0.15, -0.1) is 0 Å². The highest BCUT2D eigenvalue weighted by Crippen LogP contribution is 2.21. The summed E-state index contributed by atoms with van der Waals surface area (Å²) in [5.74, 6) is 5.20. The van der Waals surface area contributed by atoms with Gasteiger partial charge in [0.05, 0.1) is 11.5 Å². The van der Waals surface area contributed by atoms with Crippen molar-refractivity contribution >= 4 is 10.0 Å². The molecule has 0 radical (unpaired) electrons. The minimum atomic E-state index is -3.66. The average Bonchev–Trinajstić information content (AvgIpc) is 2.46. The van der Waals surface area contributed by atoms with Crippen molar-refractivity contribution in [3.8, 4) is 11.8 Å². The molecule has 0 fully saturated rings. The molecule has 0 amide bonds. The van der Waals surface area contributed by atoms with Crippen LogP contribution in [0.1, 0.15) is 24.5 Å². The van der Waals surface area contributed by atoms with Crippen LogP contribution in [0.3, 0.4) is 0 Å². The van der Waals surface area contributed by atoms with Gasteiger partial charge < -0.3 is 10.2 Å². The number of aryl methyl sites for hydroxylation is 1. The summed E-state index contributed by atoms with van der Waals surface area (Å²) in [5.41, 5.74) is 1.16. The zero-order chi connectivity index (χ0) is 15.9. The zero-order valence-corrected chi connectivity index (χ0v) is 13.2. The fourth-order valence-electron chi connectivity index (χ4n) is 1.95. The molecule has 21 heavy (non-hydrogen) atoms. The fourth-order valence-corrected chi connectivity index (χ4v) is 3.72. The quantitative estimate of drug-likeness (QED) is 0.759. The average molecular weight is 311 g/mol. The first-order chi connectivity index (χ1) is 9.97. The van der Waals surface area contributed by atoms with Gasteiger partial charge in [0.2, 0.25) is 10.0 Å². The van der Waals surface area contributed by atoms with Crippen LogP contribution in [-0.2, 0) is 10.0 Å². The third-order valence-corrected chi connectivity index (χ3v) is 4.98. The first-order valence-corrected chi connectivity index (χ1v) is 8.22. The van der Waals surface area contributed by atoms with Crippen LogP contribution in [0.25, 0.3) is 0 Å². The third kappa shape index (κ3) is 4.55. The van der Waals surface area contributed by atoms with Gasteiger partial charge in [-0.3, -0.25) is 0 Å². The molecule has 0 aliphatic heterocycles. The van der Waals surface area contributed by atoms with E-state index < -0.39 is 10.0 Å². The summed E-state index contributed by atoms with van der Waals surface area (Å²) in [6.07, 6.45) is 0.669. The predicted octanol–water partition coefficient (Wildman–Crippen LogP) is 0.732. The van der Waals surface area contributed by atoms with Crippen LogP contribution >= 0.6 is 0 Å². The van der Waals surface area contributed by atoms with Crippen molar-refractivity contribution in [2.75, 3.05) is 26.3 Å². The molecule has 0 saturated carbocycles. The molecular weight excluding hydrogens is 290 g/mol. The molecule has 0 bridgehead atoms. The van der Waals surface area contributed by atoms with Gasteiger partial charge in [0, 0.05) is 18.7 Å². The minimum absolute atomic E-state index is 0.0716. The second-order valence-corrected chi connectivity index (χ2v) is 6.47. The lowest BCUT2D eigenvalue weighted by atomic mass is 10.1. The summed E-state index contributed by atoms with van der Waals surface area (Å²) in [4.78, 5) is 0.189. The van der Waals surface area contributed by atoms with Gasteiger partial charge in [-0.1, -0.05) is 24.8 Å². The maximum absolute atomic E-state index is 12.7. The van der Waals surface area contributed by atoms with E-state index in [0.717, 1.165) is 0 Å². The Labute approximate surface area is 126 Å². The van der Waals surface area contributed by atoms with Crippen LogP contribution in [0.5, 0.6) is 0 Å². The molecule has 0 heterocycles. The Kier molecular flexibility index (Phi) is 6.85. The van der Waals surface area contributed by atoms with Crippen molar-refractivity contribution in [1.29, 1.82) is 0 Å². The normalized spacial score (nSPS) is 11.3. The highest BCUT2D eigenvalue weighted by Gasteiger charge is 2.25. The van der Waals surface area contributed by atoms with E-state index in [4.69, 9.17) is 10.2 Å². The first kappa shape index (κ1) is 17.7.